The largest absolute Gasteiger partial charge is 0.396 e. The SMILES string of the molecule is Cc1nc2cc(NCC(CO)C(C)C)ccc2n1C. The molecule has 2 aromatic rings. The highest BCUT2D eigenvalue weighted by molar-refractivity contribution is 5.80. The number of benzene rings is 1. The van der Waals surface area contributed by atoms with E-state index in [1.807, 2.05) is 14.0 Å². The van der Waals surface area contributed by atoms with E-state index in [-0.39, 0.29) is 12.5 Å². The summed E-state index contributed by atoms with van der Waals surface area (Å²) < 4.78 is 2.09. The molecule has 19 heavy (non-hydrogen) atoms. The van der Waals surface area contributed by atoms with Crippen molar-refractivity contribution < 1.29 is 5.11 Å². The zero-order valence-corrected chi connectivity index (χ0v) is 12.1. The van der Waals surface area contributed by atoms with Crippen molar-refractivity contribution in [1.82, 2.24) is 9.55 Å². The first-order valence-electron chi connectivity index (χ1n) is 6.80. The van der Waals surface area contributed by atoms with Crippen molar-refractivity contribution in [3.63, 3.8) is 0 Å². The Bertz CT molecular complexity index is 560. The van der Waals surface area contributed by atoms with Gasteiger partial charge in [0.2, 0.25) is 0 Å². The molecule has 0 aliphatic heterocycles. The van der Waals surface area contributed by atoms with Crippen molar-refractivity contribution in [2.75, 3.05) is 18.5 Å². The first-order chi connectivity index (χ1) is 9.02. The molecule has 0 saturated carbocycles. The summed E-state index contributed by atoms with van der Waals surface area (Å²) in [5.41, 5.74) is 3.21. The molecule has 0 aliphatic carbocycles. The fraction of sp³-hybridized carbons (Fsp3) is 0.533. The average molecular weight is 261 g/mol. The second-order valence-corrected chi connectivity index (χ2v) is 5.49. The molecule has 0 saturated heterocycles. The summed E-state index contributed by atoms with van der Waals surface area (Å²) in [6, 6.07) is 6.22. The molecule has 0 aliphatic rings. The molecule has 1 unspecified atom stereocenters. The van der Waals surface area contributed by atoms with Crippen LogP contribution in [0.2, 0.25) is 0 Å². The van der Waals surface area contributed by atoms with Crippen molar-refractivity contribution in [2.45, 2.75) is 20.8 Å². The third kappa shape index (κ3) is 2.89. The Morgan fingerprint density at radius 1 is 1.37 bits per heavy atom. The molecule has 0 fully saturated rings. The molecule has 1 aromatic heterocycles. The predicted molar refractivity (Wildman–Crippen MR) is 79.4 cm³/mol. The average Bonchev–Trinajstić information content (AvgIpc) is 2.65. The highest BCUT2D eigenvalue weighted by atomic mass is 16.3. The Hall–Kier alpha value is -1.55. The maximum atomic E-state index is 9.33. The maximum Gasteiger partial charge on any atom is 0.106 e. The Kier molecular flexibility index (Phi) is 4.10. The zero-order chi connectivity index (χ0) is 14.0. The van der Waals surface area contributed by atoms with Gasteiger partial charge in [-0.15, -0.1) is 0 Å². The summed E-state index contributed by atoms with van der Waals surface area (Å²) in [6.45, 7) is 7.27. The van der Waals surface area contributed by atoms with Crippen LogP contribution in [0.5, 0.6) is 0 Å². The normalized spacial score (nSPS) is 13.2. The number of nitrogens with one attached hydrogen (secondary N) is 1. The summed E-state index contributed by atoms with van der Waals surface area (Å²) in [6.07, 6.45) is 0. The number of anilines is 1. The van der Waals surface area contributed by atoms with E-state index in [1.54, 1.807) is 0 Å². The van der Waals surface area contributed by atoms with Gasteiger partial charge in [0, 0.05) is 31.8 Å². The van der Waals surface area contributed by atoms with Crippen LogP contribution in [0.15, 0.2) is 18.2 Å². The molecule has 1 atom stereocenters. The van der Waals surface area contributed by atoms with Crippen molar-refractivity contribution in [3.8, 4) is 0 Å². The first kappa shape index (κ1) is 13.9. The molecular formula is C15H23N3O. The molecule has 4 heteroatoms. The maximum absolute atomic E-state index is 9.33. The van der Waals surface area contributed by atoms with Crippen molar-refractivity contribution >= 4 is 16.7 Å². The number of aryl methyl sites for hydroxylation is 2. The van der Waals surface area contributed by atoms with Gasteiger partial charge >= 0.3 is 0 Å². The highest BCUT2D eigenvalue weighted by Gasteiger charge is 2.12. The van der Waals surface area contributed by atoms with Crippen LogP contribution < -0.4 is 5.32 Å². The quantitative estimate of drug-likeness (QED) is 0.869. The lowest BCUT2D eigenvalue weighted by molar-refractivity contribution is 0.198. The van der Waals surface area contributed by atoms with Gasteiger partial charge in [0.05, 0.1) is 11.0 Å². The van der Waals surface area contributed by atoms with E-state index in [1.165, 1.54) is 0 Å². The van der Waals surface area contributed by atoms with E-state index in [2.05, 4.69) is 46.9 Å². The van der Waals surface area contributed by atoms with Crippen molar-refractivity contribution in [2.24, 2.45) is 18.9 Å². The van der Waals surface area contributed by atoms with E-state index in [0.717, 1.165) is 29.1 Å². The zero-order valence-electron chi connectivity index (χ0n) is 12.1. The number of hydrogen-bond acceptors (Lipinski definition) is 3. The Balaban J connectivity index is 2.13. The van der Waals surface area contributed by atoms with Gasteiger partial charge in [0.25, 0.3) is 0 Å². The predicted octanol–water partition coefficient (Wildman–Crippen LogP) is 2.56. The van der Waals surface area contributed by atoms with Crippen molar-refractivity contribution in [3.05, 3.63) is 24.0 Å². The van der Waals surface area contributed by atoms with Gasteiger partial charge in [-0.1, -0.05) is 13.8 Å². The van der Waals surface area contributed by atoms with Gasteiger partial charge in [-0.05, 0) is 31.0 Å². The number of rotatable bonds is 5. The van der Waals surface area contributed by atoms with Gasteiger partial charge in [-0.3, -0.25) is 0 Å². The summed E-state index contributed by atoms with van der Waals surface area (Å²) >= 11 is 0. The molecule has 0 spiro atoms. The first-order valence-corrected chi connectivity index (χ1v) is 6.80. The van der Waals surface area contributed by atoms with Crippen LogP contribution in [0, 0.1) is 18.8 Å². The summed E-state index contributed by atoms with van der Waals surface area (Å²) in [5, 5.41) is 12.7. The van der Waals surface area contributed by atoms with Crippen LogP contribution in [0.4, 0.5) is 5.69 Å². The monoisotopic (exact) mass is 261 g/mol. The van der Waals surface area contributed by atoms with Crippen molar-refractivity contribution in [1.29, 1.82) is 0 Å². The lowest BCUT2D eigenvalue weighted by Crippen LogP contribution is -2.22. The topological polar surface area (TPSA) is 50.1 Å². The number of fused-ring (bicyclic) bond motifs is 1. The number of imidazole rings is 1. The molecule has 2 rings (SSSR count). The van der Waals surface area contributed by atoms with Gasteiger partial charge in [-0.25, -0.2) is 4.98 Å². The number of aliphatic hydroxyl groups is 1. The van der Waals surface area contributed by atoms with Gasteiger partial charge in [-0.2, -0.15) is 0 Å². The molecule has 1 aromatic carbocycles. The van der Waals surface area contributed by atoms with E-state index >= 15 is 0 Å². The van der Waals surface area contributed by atoms with Crippen LogP contribution in [-0.2, 0) is 7.05 Å². The van der Waals surface area contributed by atoms with Crippen LogP contribution in [0.25, 0.3) is 11.0 Å². The van der Waals surface area contributed by atoms with E-state index < -0.39 is 0 Å². The standard InChI is InChI=1S/C15H23N3O/c1-10(2)12(9-19)8-16-13-5-6-15-14(7-13)17-11(3)18(15)4/h5-7,10,12,16,19H,8-9H2,1-4H3. The molecule has 1 heterocycles. The number of aromatic nitrogens is 2. The van der Waals surface area contributed by atoms with Gasteiger partial charge in [0.1, 0.15) is 5.82 Å². The molecule has 104 valence electrons. The second-order valence-electron chi connectivity index (χ2n) is 5.49. The summed E-state index contributed by atoms with van der Waals surface area (Å²) in [5.74, 6) is 1.77. The smallest absolute Gasteiger partial charge is 0.106 e. The molecule has 0 bridgehead atoms. The van der Waals surface area contributed by atoms with Crippen LogP contribution >= 0.6 is 0 Å². The number of nitrogens with zero attached hydrogens (tertiary/aromatic N) is 2. The van der Waals surface area contributed by atoms with E-state index in [9.17, 15) is 5.11 Å². The molecule has 4 nitrogen and oxygen atoms in total. The molecule has 0 radical (unpaired) electrons. The Morgan fingerprint density at radius 2 is 2.11 bits per heavy atom. The summed E-state index contributed by atoms with van der Waals surface area (Å²) in [7, 11) is 2.03. The Morgan fingerprint density at radius 3 is 2.74 bits per heavy atom. The van der Waals surface area contributed by atoms with Crippen LogP contribution in [-0.4, -0.2) is 27.8 Å². The third-order valence-corrected chi connectivity index (χ3v) is 3.85. The fourth-order valence-corrected chi connectivity index (χ4v) is 2.19. The van der Waals surface area contributed by atoms with E-state index in [4.69, 9.17) is 0 Å². The fourth-order valence-electron chi connectivity index (χ4n) is 2.19. The minimum absolute atomic E-state index is 0.218. The second kappa shape index (κ2) is 5.61. The van der Waals surface area contributed by atoms with Gasteiger partial charge in [0.15, 0.2) is 0 Å². The van der Waals surface area contributed by atoms with Crippen LogP contribution in [0.3, 0.4) is 0 Å². The highest BCUT2D eigenvalue weighted by Crippen LogP contribution is 2.20. The lowest BCUT2D eigenvalue weighted by atomic mass is 9.97. The molecule has 0 amide bonds. The lowest BCUT2D eigenvalue weighted by Gasteiger charge is -2.19. The molecular weight excluding hydrogens is 238 g/mol. The minimum atomic E-state index is 0.218. The number of aliphatic hydroxyl groups excluding tert-OH is 1. The van der Waals surface area contributed by atoms with E-state index in [0.29, 0.717) is 5.92 Å². The number of hydrogen-bond donors (Lipinski definition) is 2. The summed E-state index contributed by atoms with van der Waals surface area (Å²) in [4.78, 5) is 4.53. The molecule has 2 N–H and O–H groups in total. The van der Waals surface area contributed by atoms with Gasteiger partial charge < -0.3 is 15.0 Å². The minimum Gasteiger partial charge on any atom is -0.396 e. The Labute approximate surface area is 114 Å². The van der Waals surface area contributed by atoms with Crippen LogP contribution in [0.1, 0.15) is 19.7 Å². The third-order valence-electron chi connectivity index (χ3n) is 3.85.